The highest BCUT2D eigenvalue weighted by Gasteiger charge is 2.18. The van der Waals surface area contributed by atoms with Crippen LogP contribution in [-0.2, 0) is 0 Å². The van der Waals surface area contributed by atoms with Gasteiger partial charge in [0.05, 0.1) is 10.0 Å². The molecule has 3 nitrogen and oxygen atoms in total. The van der Waals surface area contributed by atoms with E-state index in [1.807, 2.05) is 6.07 Å². The molecule has 0 spiro atoms. The van der Waals surface area contributed by atoms with E-state index < -0.39 is 0 Å². The molecule has 0 radical (unpaired) electrons. The van der Waals surface area contributed by atoms with E-state index in [1.54, 1.807) is 30.3 Å². The first-order chi connectivity index (χ1) is 10.1. The van der Waals surface area contributed by atoms with Crippen LogP contribution >= 0.6 is 27.5 Å². The number of rotatable bonds is 2. The molecule has 2 aromatic carbocycles. The Kier molecular flexibility index (Phi) is 3.69. The lowest BCUT2D eigenvalue weighted by atomic mass is 10.0. The van der Waals surface area contributed by atoms with E-state index in [2.05, 4.69) is 21.1 Å². The molecule has 0 aliphatic carbocycles. The number of nitrogens with two attached hydrogens (primary N) is 1. The average Bonchev–Trinajstić information content (AvgIpc) is 2.84. The smallest absolute Gasteiger partial charge is 0.230 e. The molecule has 0 saturated carbocycles. The Labute approximate surface area is 133 Å². The van der Waals surface area contributed by atoms with Crippen LogP contribution in [0.5, 0.6) is 0 Å². The maximum atomic E-state index is 13.7. The van der Waals surface area contributed by atoms with Gasteiger partial charge in [-0.25, -0.2) is 4.39 Å². The molecule has 0 unspecified atom stereocenters. The van der Waals surface area contributed by atoms with Gasteiger partial charge < -0.3 is 10.3 Å². The Morgan fingerprint density at radius 2 is 1.95 bits per heavy atom. The molecule has 0 aliphatic rings. The molecule has 3 rings (SSSR count). The number of benzene rings is 2. The topological polar surface area (TPSA) is 52.0 Å². The summed E-state index contributed by atoms with van der Waals surface area (Å²) in [5.41, 5.74) is 8.26. The molecular formula is C15H9BrClFN2O. The van der Waals surface area contributed by atoms with Crippen LogP contribution in [0.15, 0.2) is 51.5 Å². The van der Waals surface area contributed by atoms with E-state index in [-0.39, 0.29) is 11.7 Å². The van der Waals surface area contributed by atoms with Crippen LogP contribution in [0.2, 0.25) is 5.02 Å². The fourth-order valence-electron chi connectivity index (χ4n) is 2.07. The Morgan fingerprint density at radius 3 is 2.67 bits per heavy atom. The van der Waals surface area contributed by atoms with Crippen molar-refractivity contribution in [3.05, 3.63) is 57.8 Å². The second-order valence-electron chi connectivity index (χ2n) is 4.41. The lowest BCUT2D eigenvalue weighted by Gasteiger charge is -2.04. The van der Waals surface area contributed by atoms with Crippen LogP contribution in [-0.4, -0.2) is 5.16 Å². The number of aromatic nitrogens is 1. The summed E-state index contributed by atoms with van der Waals surface area (Å²) >= 11 is 9.12. The minimum Gasteiger partial charge on any atom is -0.367 e. The third-order valence-corrected chi connectivity index (χ3v) is 3.90. The summed E-state index contributed by atoms with van der Waals surface area (Å²) in [5, 5.41) is 4.51. The zero-order chi connectivity index (χ0) is 15.0. The van der Waals surface area contributed by atoms with Crippen molar-refractivity contribution in [2.75, 3.05) is 5.73 Å². The predicted octanol–water partition coefficient (Wildman–Crippen LogP) is 5.15. The van der Waals surface area contributed by atoms with Gasteiger partial charge in [-0.2, -0.15) is 0 Å². The molecule has 0 aliphatic heterocycles. The standard InChI is InChI=1S/C15H9BrClFN2O/c16-11-5-4-9(7-12(11)18)14-13(15(19)21-20-14)8-2-1-3-10(17)6-8/h1-7H,19H2. The number of hydrogen-bond acceptors (Lipinski definition) is 3. The zero-order valence-corrected chi connectivity index (χ0v) is 13.0. The minimum absolute atomic E-state index is 0.163. The fraction of sp³-hybridized carbons (Fsp3) is 0. The Morgan fingerprint density at radius 1 is 1.14 bits per heavy atom. The van der Waals surface area contributed by atoms with Crippen LogP contribution in [0.25, 0.3) is 22.4 Å². The van der Waals surface area contributed by atoms with Crippen LogP contribution in [0.1, 0.15) is 0 Å². The Bertz CT molecular complexity index is 819. The molecule has 0 fully saturated rings. The van der Waals surface area contributed by atoms with Gasteiger partial charge in [-0.3, -0.25) is 0 Å². The SMILES string of the molecule is Nc1onc(-c2ccc(Br)c(F)c2)c1-c1cccc(Cl)c1. The van der Waals surface area contributed by atoms with Gasteiger partial charge in [0, 0.05) is 10.6 Å². The van der Waals surface area contributed by atoms with E-state index in [9.17, 15) is 4.39 Å². The van der Waals surface area contributed by atoms with Gasteiger partial charge in [-0.05, 0) is 45.8 Å². The third-order valence-electron chi connectivity index (χ3n) is 3.02. The summed E-state index contributed by atoms with van der Waals surface area (Å²) in [6.07, 6.45) is 0. The number of nitrogens with zero attached hydrogens (tertiary/aromatic N) is 1. The van der Waals surface area contributed by atoms with Crippen molar-refractivity contribution in [2.24, 2.45) is 0 Å². The Hall–Kier alpha value is -1.85. The van der Waals surface area contributed by atoms with Crippen molar-refractivity contribution in [3.8, 4) is 22.4 Å². The highest BCUT2D eigenvalue weighted by atomic mass is 79.9. The number of anilines is 1. The molecule has 0 amide bonds. The maximum absolute atomic E-state index is 13.7. The first-order valence-corrected chi connectivity index (χ1v) is 7.20. The fourth-order valence-corrected chi connectivity index (χ4v) is 2.50. The minimum atomic E-state index is -0.383. The second-order valence-corrected chi connectivity index (χ2v) is 5.70. The molecule has 2 N–H and O–H groups in total. The van der Waals surface area contributed by atoms with Crippen molar-refractivity contribution in [3.63, 3.8) is 0 Å². The van der Waals surface area contributed by atoms with E-state index in [0.717, 1.165) is 5.56 Å². The summed E-state index contributed by atoms with van der Waals surface area (Å²) in [7, 11) is 0. The van der Waals surface area contributed by atoms with Gasteiger partial charge in [-0.15, -0.1) is 0 Å². The molecule has 0 saturated heterocycles. The normalized spacial score (nSPS) is 10.8. The number of nitrogen functional groups attached to an aromatic ring is 1. The van der Waals surface area contributed by atoms with Crippen LogP contribution < -0.4 is 5.73 Å². The van der Waals surface area contributed by atoms with Crippen LogP contribution in [0.3, 0.4) is 0 Å². The molecule has 106 valence electrons. The lowest BCUT2D eigenvalue weighted by Crippen LogP contribution is -1.89. The van der Waals surface area contributed by atoms with Gasteiger partial charge in [0.15, 0.2) is 0 Å². The molecule has 1 heterocycles. The van der Waals surface area contributed by atoms with Crippen LogP contribution in [0.4, 0.5) is 10.3 Å². The summed E-state index contributed by atoms with van der Waals surface area (Å²) in [4.78, 5) is 0. The van der Waals surface area contributed by atoms with E-state index >= 15 is 0 Å². The van der Waals surface area contributed by atoms with Crippen LogP contribution in [0, 0.1) is 5.82 Å². The largest absolute Gasteiger partial charge is 0.367 e. The molecule has 21 heavy (non-hydrogen) atoms. The molecule has 0 bridgehead atoms. The molecular weight excluding hydrogens is 359 g/mol. The summed E-state index contributed by atoms with van der Waals surface area (Å²) in [5.74, 6) is -0.221. The molecule has 0 atom stereocenters. The van der Waals surface area contributed by atoms with Gasteiger partial charge in [0.2, 0.25) is 5.88 Å². The summed E-state index contributed by atoms with van der Waals surface area (Å²) in [6, 6.07) is 11.9. The third kappa shape index (κ3) is 2.66. The van der Waals surface area contributed by atoms with Crippen molar-refractivity contribution >= 4 is 33.4 Å². The van der Waals surface area contributed by atoms with E-state index in [0.29, 0.717) is 26.3 Å². The monoisotopic (exact) mass is 366 g/mol. The highest BCUT2D eigenvalue weighted by molar-refractivity contribution is 9.10. The Balaban J connectivity index is 2.19. The second kappa shape index (κ2) is 5.50. The zero-order valence-electron chi connectivity index (χ0n) is 10.6. The molecule has 3 aromatic rings. The van der Waals surface area contributed by atoms with Crippen molar-refractivity contribution in [1.29, 1.82) is 0 Å². The number of halogens is 3. The van der Waals surface area contributed by atoms with E-state index in [1.165, 1.54) is 6.07 Å². The summed E-state index contributed by atoms with van der Waals surface area (Å²) in [6.45, 7) is 0. The van der Waals surface area contributed by atoms with Crippen molar-refractivity contribution < 1.29 is 8.91 Å². The van der Waals surface area contributed by atoms with Gasteiger partial charge in [0.25, 0.3) is 0 Å². The first-order valence-electron chi connectivity index (χ1n) is 6.03. The van der Waals surface area contributed by atoms with Crippen molar-refractivity contribution in [1.82, 2.24) is 5.16 Å². The van der Waals surface area contributed by atoms with Gasteiger partial charge >= 0.3 is 0 Å². The average molecular weight is 368 g/mol. The maximum Gasteiger partial charge on any atom is 0.230 e. The van der Waals surface area contributed by atoms with E-state index in [4.69, 9.17) is 21.9 Å². The van der Waals surface area contributed by atoms with Crippen molar-refractivity contribution in [2.45, 2.75) is 0 Å². The van der Waals surface area contributed by atoms with Gasteiger partial charge in [0.1, 0.15) is 11.5 Å². The molecule has 6 heteroatoms. The highest BCUT2D eigenvalue weighted by Crippen LogP contribution is 2.37. The lowest BCUT2D eigenvalue weighted by molar-refractivity contribution is 0.439. The van der Waals surface area contributed by atoms with Gasteiger partial charge in [-0.1, -0.05) is 35.0 Å². The quantitative estimate of drug-likeness (QED) is 0.682. The predicted molar refractivity (Wildman–Crippen MR) is 84.5 cm³/mol. The first kappa shape index (κ1) is 14.1. The summed E-state index contributed by atoms with van der Waals surface area (Å²) < 4.78 is 19.2. The molecule has 1 aromatic heterocycles. The number of hydrogen-bond donors (Lipinski definition) is 1.